The van der Waals surface area contributed by atoms with Crippen LogP contribution in [0.1, 0.15) is 31.4 Å². The van der Waals surface area contributed by atoms with Crippen molar-refractivity contribution in [1.82, 2.24) is 0 Å². The van der Waals surface area contributed by atoms with Gasteiger partial charge in [-0.25, -0.2) is 0 Å². The van der Waals surface area contributed by atoms with E-state index in [9.17, 15) is 0 Å². The molecule has 2 aliphatic rings. The molecular formula is C16H18. The summed E-state index contributed by atoms with van der Waals surface area (Å²) in [4.78, 5) is 0. The van der Waals surface area contributed by atoms with Gasteiger partial charge in [-0.15, -0.1) is 0 Å². The van der Waals surface area contributed by atoms with E-state index in [-0.39, 0.29) is 0 Å². The van der Waals surface area contributed by atoms with Crippen molar-refractivity contribution < 1.29 is 0 Å². The third kappa shape index (κ3) is 1.29. The van der Waals surface area contributed by atoms with Gasteiger partial charge in [0.25, 0.3) is 0 Å². The number of aryl methyl sites for hydroxylation is 1. The fourth-order valence-electron chi connectivity index (χ4n) is 2.82. The van der Waals surface area contributed by atoms with E-state index in [1.165, 1.54) is 23.1 Å². The van der Waals surface area contributed by atoms with Gasteiger partial charge in [0.15, 0.2) is 0 Å². The smallest absolute Gasteiger partial charge is 0.00407 e. The lowest BCUT2D eigenvalue weighted by Crippen LogP contribution is -2.05. The zero-order valence-electron chi connectivity index (χ0n) is 10.2. The van der Waals surface area contributed by atoms with Crippen LogP contribution < -0.4 is 0 Å². The quantitative estimate of drug-likeness (QED) is 0.646. The Hall–Kier alpha value is -1.30. The molecular weight excluding hydrogens is 192 g/mol. The van der Waals surface area contributed by atoms with Gasteiger partial charge in [-0.3, -0.25) is 0 Å². The summed E-state index contributed by atoms with van der Waals surface area (Å²) in [6.45, 7) is 6.80. The highest BCUT2D eigenvalue weighted by molar-refractivity contribution is 5.75. The number of hydrogen-bond acceptors (Lipinski definition) is 0. The molecule has 0 saturated heterocycles. The van der Waals surface area contributed by atoms with Crippen LogP contribution in [0.15, 0.2) is 42.0 Å². The predicted octanol–water partition coefficient (Wildman–Crippen LogP) is 4.36. The summed E-state index contributed by atoms with van der Waals surface area (Å²) in [5.41, 5.74) is 6.30. The summed E-state index contributed by atoms with van der Waals surface area (Å²) in [5, 5.41) is 0. The second kappa shape index (κ2) is 3.10. The van der Waals surface area contributed by atoms with E-state index in [0.29, 0.717) is 5.41 Å². The Bertz CT molecular complexity index is 487. The van der Waals surface area contributed by atoms with Crippen LogP contribution in [0, 0.1) is 18.3 Å². The van der Waals surface area contributed by atoms with Gasteiger partial charge in [-0.1, -0.05) is 54.5 Å². The van der Waals surface area contributed by atoms with Crippen molar-refractivity contribution in [2.45, 2.75) is 27.2 Å². The van der Waals surface area contributed by atoms with E-state index < -0.39 is 0 Å². The van der Waals surface area contributed by atoms with E-state index in [1.807, 2.05) is 0 Å². The van der Waals surface area contributed by atoms with Crippen molar-refractivity contribution >= 4 is 5.57 Å². The summed E-state index contributed by atoms with van der Waals surface area (Å²) in [7, 11) is 0. The second-order valence-corrected chi connectivity index (χ2v) is 5.51. The monoisotopic (exact) mass is 210 g/mol. The Balaban J connectivity index is 2.01. The van der Waals surface area contributed by atoms with E-state index >= 15 is 0 Å². The molecule has 2 unspecified atom stereocenters. The molecule has 0 heteroatoms. The molecule has 0 radical (unpaired) electrons. The molecule has 0 N–H and O–H groups in total. The first-order chi connectivity index (χ1) is 7.61. The van der Waals surface area contributed by atoms with Gasteiger partial charge < -0.3 is 0 Å². The maximum absolute atomic E-state index is 2.39. The number of allylic oxidation sites excluding steroid dienone is 4. The summed E-state index contributed by atoms with van der Waals surface area (Å²) in [6.07, 6.45) is 5.95. The minimum Gasteiger partial charge on any atom is -0.0668 e. The van der Waals surface area contributed by atoms with Crippen LogP contribution in [-0.2, 0) is 0 Å². The second-order valence-electron chi connectivity index (χ2n) is 5.51. The number of benzene rings is 1. The zero-order chi connectivity index (χ0) is 11.3. The summed E-state index contributed by atoms with van der Waals surface area (Å²) < 4.78 is 0. The van der Waals surface area contributed by atoms with Crippen LogP contribution >= 0.6 is 0 Å². The lowest BCUT2D eigenvalue weighted by atomic mass is 9.86. The number of hydrogen-bond donors (Lipinski definition) is 0. The lowest BCUT2D eigenvalue weighted by Gasteiger charge is -2.19. The highest BCUT2D eigenvalue weighted by atomic mass is 14.6. The summed E-state index contributed by atoms with van der Waals surface area (Å²) in [6, 6.07) is 8.94. The zero-order valence-corrected chi connectivity index (χ0v) is 10.2. The topological polar surface area (TPSA) is 0 Å². The van der Waals surface area contributed by atoms with Gasteiger partial charge in [-0.2, -0.15) is 0 Å². The molecule has 0 bridgehead atoms. The first kappa shape index (κ1) is 9.89. The van der Waals surface area contributed by atoms with Gasteiger partial charge in [0.2, 0.25) is 0 Å². The van der Waals surface area contributed by atoms with Crippen molar-refractivity contribution in [3.8, 4) is 0 Å². The molecule has 2 atom stereocenters. The first-order valence-corrected chi connectivity index (χ1v) is 6.07. The largest absolute Gasteiger partial charge is 0.0668 e. The van der Waals surface area contributed by atoms with E-state index in [2.05, 4.69) is 57.2 Å². The van der Waals surface area contributed by atoms with Crippen molar-refractivity contribution in [1.29, 1.82) is 0 Å². The Morgan fingerprint density at radius 3 is 2.44 bits per heavy atom. The Morgan fingerprint density at radius 1 is 1.06 bits per heavy atom. The van der Waals surface area contributed by atoms with Crippen LogP contribution in [0.25, 0.3) is 5.57 Å². The van der Waals surface area contributed by atoms with Gasteiger partial charge >= 0.3 is 0 Å². The first-order valence-electron chi connectivity index (χ1n) is 6.07. The van der Waals surface area contributed by atoms with Crippen molar-refractivity contribution in [3.63, 3.8) is 0 Å². The maximum Gasteiger partial charge on any atom is -0.00407 e. The molecule has 0 aromatic heterocycles. The van der Waals surface area contributed by atoms with Crippen molar-refractivity contribution in [2.75, 3.05) is 0 Å². The molecule has 1 saturated carbocycles. The molecule has 1 aromatic rings. The normalized spacial score (nSPS) is 31.6. The molecule has 1 fully saturated rings. The molecule has 1 aromatic carbocycles. The fourth-order valence-corrected chi connectivity index (χ4v) is 2.82. The minimum atomic E-state index is 0.467. The third-order valence-electron chi connectivity index (χ3n) is 4.41. The molecule has 0 spiro atoms. The minimum absolute atomic E-state index is 0.467. The van der Waals surface area contributed by atoms with Gasteiger partial charge in [0, 0.05) is 0 Å². The SMILES string of the molecule is CC1=CC=C(c2ccc(C)cc2)C2CC12C. The average Bonchev–Trinajstić information content (AvgIpc) is 2.95. The molecule has 0 heterocycles. The Kier molecular flexibility index (Phi) is 1.92. The van der Waals surface area contributed by atoms with Crippen LogP contribution in [0.4, 0.5) is 0 Å². The highest BCUT2D eigenvalue weighted by Gasteiger charge is 2.53. The number of rotatable bonds is 1. The molecule has 0 nitrogen and oxygen atoms in total. The van der Waals surface area contributed by atoms with Gasteiger partial charge in [-0.05, 0) is 42.7 Å². The maximum atomic E-state index is 2.39. The molecule has 3 rings (SSSR count). The van der Waals surface area contributed by atoms with Crippen LogP contribution in [-0.4, -0.2) is 0 Å². The standard InChI is InChI=1S/C16H18/c1-11-4-7-13(8-5-11)14-9-6-12(2)16(3)10-15(14)16/h4-9,15H,10H2,1-3H3. The van der Waals surface area contributed by atoms with E-state index in [4.69, 9.17) is 0 Å². The Labute approximate surface area is 97.7 Å². The molecule has 16 heavy (non-hydrogen) atoms. The van der Waals surface area contributed by atoms with Crippen LogP contribution in [0.3, 0.4) is 0 Å². The molecule has 82 valence electrons. The average molecular weight is 210 g/mol. The molecule has 0 aliphatic heterocycles. The lowest BCUT2D eigenvalue weighted by molar-refractivity contribution is 0.646. The highest BCUT2D eigenvalue weighted by Crippen LogP contribution is 2.64. The van der Waals surface area contributed by atoms with E-state index in [1.54, 1.807) is 5.57 Å². The van der Waals surface area contributed by atoms with Gasteiger partial charge in [0.1, 0.15) is 0 Å². The molecule has 2 aliphatic carbocycles. The third-order valence-corrected chi connectivity index (χ3v) is 4.41. The van der Waals surface area contributed by atoms with Gasteiger partial charge in [0.05, 0.1) is 0 Å². The number of fused-ring (bicyclic) bond motifs is 1. The summed E-state index contributed by atoms with van der Waals surface area (Å²) >= 11 is 0. The van der Waals surface area contributed by atoms with Crippen molar-refractivity contribution in [3.05, 3.63) is 53.1 Å². The summed E-state index contributed by atoms with van der Waals surface area (Å²) in [5.74, 6) is 0.764. The van der Waals surface area contributed by atoms with E-state index in [0.717, 1.165) is 5.92 Å². The van der Waals surface area contributed by atoms with Crippen molar-refractivity contribution in [2.24, 2.45) is 11.3 Å². The fraction of sp³-hybridized carbons (Fsp3) is 0.375. The Morgan fingerprint density at radius 2 is 1.75 bits per heavy atom. The molecule has 0 amide bonds. The van der Waals surface area contributed by atoms with Crippen LogP contribution in [0.2, 0.25) is 0 Å². The van der Waals surface area contributed by atoms with Crippen LogP contribution in [0.5, 0.6) is 0 Å². The predicted molar refractivity (Wildman–Crippen MR) is 69.1 cm³/mol.